The largest absolute Gasteiger partial charge is 0.481 e. The van der Waals surface area contributed by atoms with Crippen LogP contribution in [0.15, 0.2) is 12.2 Å². The Morgan fingerprint density at radius 1 is 0.905 bits per heavy atom. The predicted molar refractivity (Wildman–Crippen MR) is 169 cm³/mol. The molecule has 8 heteroatoms. The summed E-state index contributed by atoms with van der Waals surface area (Å²) in [5.74, 6) is -2.91. The summed E-state index contributed by atoms with van der Waals surface area (Å²) in [4.78, 5) is 37.4. The molecule has 8 nitrogen and oxygen atoms in total. The Morgan fingerprint density at radius 2 is 1.50 bits per heavy atom. The average Bonchev–Trinajstić information content (AvgIpc) is 2.91. The van der Waals surface area contributed by atoms with Crippen LogP contribution >= 0.6 is 0 Å². The van der Waals surface area contributed by atoms with Crippen LogP contribution in [0.1, 0.15) is 138 Å². The number of rotatable bonds is 22. The van der Waals surface area contributed by atoms with Gasteiger partial charge in [0.2, 0.25) is 11.8 Å². The normalized spacial score (nSPS) is 19.0. The zero-order chi connectivity index (χ0) is 31.7. The number of amides is 2. The van der Waals surface area contributed by atoms with E-state index in [1.807, 2.05) is 27.7 Å². The molecule has 1 fully saturated rings. The van der Waals surface area contributed by atoms with Gasteiger partial charge in [0.15, 0.2) is 5.79 Å². The molecule has 1 aliphatic heterocycles. The van der Waals surface area contributed by atoms with Gasteiger partial charge in [0, 0.05) is 23.9 Å². The average molecular weight is 595 g/mol. The van der Waals surface area contributed by atoms with Crippen molar-refractivity contribution in [1.29, 1.82) is 0 Å². The van der Waals surface area contributed by atoms with E-state index in [1.54, 1.807) is 13.8 Å². The van der Waals surface area contributed by atoms with Crippen LogP contribution in [0, 0.1) is 16.7 Å². The molecule has 0 aliphatic carbocycles. The fourth-order valence-electron chi connectivity index (χ4n) is 5.14. The lowest BCUT2D eigenvalue weighted by Crippen LogP contribution is -2.57. The molecule has 1 aliphatic rings. The molecule has 0 aromatic heterocycles. The maximum Gasteiger partial charge on any atom is 0.308 e. The van der Waals surface area contributed by atoms with Gasteiger partial charge in [-0.05, 0) is 58.8 Å². The molecule has 1 saturated heterocycles. The van der Waals surface area contributed by atoms with E-state index in [-0.39, 0.29) is 18.4 Å². The summed E-state index contributed by atoms with van der Waals surface area (Å²) in [5.41, 5.74) is -0.984. The highest BCUT2D eigenvalue weighted by atomic mass is 16.7. The van der Waals surface area contributed by atoms with Crippen LogP contribution in [0.2, 0.25) is 0 Å². The molecule has 0 spiro atoms. The molecule has 0 bridgehead atoms. The zero-order valence-electron chi connectivity index (χ0n) is 27.8. The molecule has 42 heavy (non-hydrogen) atoms. The van der Waals surface area contributed by atoms with Crippen molar-refractivity contribution in [2.45, 2.75) is 150 Å². The van der Waals surface area contributed by atoms with Gasteiger partial charge < -0.3 is 25.2 Å². The number of allylic oxidation sites excluding steroid dienone is 2. The number of carbonyl (C=O) groups excluding carboxylic acids is 2. The first-order chi connectivity index (χ1) is 19.7. The molecule has 244 valence electrons. The van der Waals surface area contributed by atoms with Crippen LogP contribution < -0.4 is 10.6 Å². The van der Waals surface area contributed by atoms with E-state index in [0.29, 0.717) is 26.0 Å². The first-order valence-corrected chi connectivity index (χ1v) is 16.5. The van der Waals surface area contributed by atoms with E-state index in [4.69, 9.17) is 9.47 Å². The second-order valence-electron chi connectivity index (χ2n) is 13.9. The molecule has 3 N–H and O–H groups in total. The number of hydrogen-bond donors (Lipinski definition) is 3. The number of carboxylic acid groups (broad SMARTS) is 1. The number of hydrogen-bond acceptors (Lipinski definition) is 5. The van der Waals surface area contributed by atoms with Gasteiger partial charge in [0.25, 0.3) is 0 Å². The van der Waals surface area contributed by atoms with Gasteiger partial charge in [0.05, 0.1) is 12.5 Å². The Morgan fingerprint density at radius 3 is 2.10 bits per heavy atom. The number of carboxylic acids is 1. The summed E-state index contributed by atoms with van der Waals surface area (Å²) < 4.78 is 11.5. The van der Waals surface area contributed by atoms with Crippen molar-refractivity contribution < 1.29 is 29.0 Å². The quantitative estimate of drug-likeness (QED) is 0.0905. The van der Waals surface area contributed by atoms with Crippen molar-refractivity contribution in [3.8, 4) is 0 Å². The predicted octanol–water partition coefficient (Wildman–Crippen LogP) is 7.16. The Kier molecular flexibility index (Phi) is 17.6. The molecular formula is C34H62N2O6. The molecule has 0 radical (unpaired) electrons. The van der Waals surface area contributed by atoms with E-state index in [9.17, 15) is 19.5 Å². The van der Waals surface area contributed by atoms with Crippen molar-refractivity contribution in [3.63, 3.8) is 0 Å². The van der Waals surface area contributed by atoms with E-state index in [2.05, 4.69) is 29.7 Å². The molecule has 0 saturated carbocycles. The van der Waals surface area contributed by atoms with Crippen LogP contribution in [0.5, 0.6) is 0 Å². The van der Waals surface area contributed by atoms with Gasteiger partial charge in [-0.1, -0.05) is 91.7 Å². The third-order valence-corrected chi connectivity index (χ3v) is 8.21. The van der Waals surface area contributed by atoms with Crippen molar-refractivity contribution in [2.75, 3.05) is 19.7 Å². The van der Waals surface area contributed by atoms with Crippen molar-refractivity contribution >= 4 is 17.8 Å². The SMILES string of the molecule is CCCCCCCC=CCCCCCCC(C)(C)C(=O)NCCCC(CNC(=O)C1OC(C)(C)OCC1(C)C)C(=O)O. The summed E-state index contributed by atoms with van der Waals surface area (Å²) in [6, 6.07) is 0. The minimum Gasteiger partial charge on any atom is -0.481 e. The molecule has 1 heterocycles. The van der Waals surface area contributed by atoms with E-state index < -0.39 is 34.6 Å². The molecule has 1 rings (SSSR count). The summed E-state index contributed by atoms with van der Waals surface area (Å²) in [5, 5.41) is 15.4. The minimum absolute atomic E-state index is 0.00561. The Hall–Kier alpha value is -1.93. The second-order valence-corrected chi connectivity index (χ2v) is 13.9. The highest BCUT2D eigenvalue weighted by Crippen LogP contribution is 2.35. The molecule has 2 amide bonds. The van der Waals surface area contributed by atoms with Crippen LogP contribution in [0.25, 0.3) is 0 Å². The van der Waals surface area contributed by atoms with Gasteiger partial charge in [0.1, 0.15) is 6.10 Å². The first-order valence-electron chi connectivity index (χ1n) is 16.5. The van der Waals surface area contributed by atoms with Gasteiger partial charge >= 0.3 is 5.97 Å². The minimum atomic E-state index is -0.965. The van der Waals surface area contributed by atoms with Gasteiger partial charge in [-0.25, -0.2) is 0 Å². The topological polar surface area (TPSA) is 114 Å². The maximum atomic E-state index is 12.8. The monoisotopic (exact) mass is 594 g/mol. The Labute approximate surface area is 256 Å². The van der Waals surface area contributed by atoms with Crippen molar-refractivity contribution in [1.82, 2.24) is 10.6 Å². The summed E-state index contributed by atoms with van der Waals surface area (Å²) >= 11 is 0. The van der Waals surface area contributed by atoms with Gasteiger partial charge in [-0.15, -0.1) is 0 Å². The maximum absolute atomic E-state index is 12.8. The smallest absolute Gasteiger partial charge is 0.308 e. The molecule has 2 unspecified atom stereocenters. The third-order valence-electron chi connectivity index (χ3n) is 8.21. The van der Waals surface area contributed by atoms with E-state index >= 15 is 0 Å². The Balaban J connectivity index is 2.25. The van der Waals surface area contributed by atoms with Crippen LogP contribution in [0.3, 0.4) is 0 Å². The number of nitrogens with one attached hydrogen (secondary N) is 2. The number of ether oxygens (including phenoxy) is 2. The highest BCUT2D eigenvalue weighted by Gasteiger charge is 2.45. The van der Waals surface area contributed by atoms with Crippen LogP contribution in [-0.4, -0.2) is 54.5 Å². The van der Waals surface area contributed by atoms with E-state index in [1.165, 1.54) is 51.4 Å². The summed E-state index contributed by atoms with van der Waals surface area (Å²) in [7, 11) is 0. The molecule has 0 aromatic carbocycles. The molecular weight excluding hydrogens is 532 g/mol. The zero-order valence-corrected chi connectivity index (χ0v) is 27.8. The number of carbonyl (C=O) groups is 3. The van der Waals surface area contributed by atoms with Gasteiger partial charge in [-0.2, -0.15) is 0 Å². The molecule has 2 atom stereocenters. The van der Waals surface area contributed by atoms with Crippen molar-refractivity contribution in [2.24, 2.45) is 16.7 Å². The summed E-state index contributed by atoms with van der Waals surface area (Å²) in [6.07, 6.45) is 19.1. The van der Waals surface area contributed by atoms with E-state index in [0.717, 1.165) is 25.7 Å². The second kappa shape index (κ2) is 19.4. The fourth-order valence-corrected chi connectivity index (χ4v) is 5.14. The number of unbranched alkanes of at least 4 members (excludes halogenated alkanes) is 9. The lowest BCUT2D eigenvalue weighted by molar-refractivity contribution is -0.304. The third kappa shape index (κ3) is 15.5. The van der Waals surface area contributed by atoms with Crippen molar-refractivity contribution in [3.05, 3.63) is 12.2 Å². The molecule has 0 aromatic rings. The Bertz CT molecular complexity index is 836. The summed E-state index contributed by atoms with van der Waals surface area (Å²) in [6.45, 7) is 14.3. The van der Waals surface area contributed by atoms with Crippen LogP contribution in [0.4, 0.5) is 0 Å². The standard InChI is InChI=1S/C34H62N2O6/c1-8-9-10-11-12-13-14-15-16-17-18-19-20-23-32(2,3)31(40)35-24-21-22-27(30(38)39)25-36-29(37)28-33(4,5)26-41-34(6,7)42-28/h14-15,27-28H,8-13,16-26H2,1-7H3,(H,35,40)(H,36,37)(H,38,39). The lowest BCUT2D eigenvalue weighted by Gasteiger charge is -2.44. The number of aliphatic carboxylic acids is 1. The van der Waals surface area contributed by atoms with Crippen LogP contribution in [-0.2, 0) is 23.9 Å². The fraction of sp³-hybridized carbons (Fsp3) is 0.853. The highest BCUT2D eigenvalue weighted by molar-refractivity contribution is 5.82. The first kappa shape index (κ1) is 38.1. The lowest BCUT2D eigenvalue weighted by atomic mass is 9.85. The van der Waals surface area contributed by atoms with Gasteiger partial charge in [-0.3, -0.25) is 14.4 Å².